The lowest BCUT2D eigenvalue weighted by molar-refractivity contribution is -0.110. The second kappa shape index (κ2) is 8.58. The summed E-state index contributed by atoms with van der Waals surface area (Å²) in [7, 11) is 0. The number of benzene rings is 1. The minimum atomic E-state index is -0.586. The molecular weight excluding hydrogens is 509 g/mol. The van der Waals surface area contributed by atoms with Crippen LogP contribution in [0.15, 0.2) is 36.7 Å². The molecule has 2 aromatic heterocycles. The molecule has 0 bridgehead atoms. The highest BCUT2D eigenvalue weighted by Crippen LogP contribution is 2.33. The number of anilines is 1. The molecule has 0 amide bonds. The zero-order chi connectivity index (χ0) is 19.7. The van der Waals surface area contributed by atoms with Crippen LogP contribution in [0, 0.1) is 2.88 Å². The number of piperazine rings is 1. The highest BCUT2D eigenvalue weighted by Gasteiger charge is 2.30. The van der Waals surface area contributed by atoms with E-state index in [2.05, 4.69) is 48.4 Å². The largest absolute Gasteiger partial charge is 0.353 e. The number of nitrogens with zero attached hydrogens (tertiary/aromatic N) is 4. The number of carbonyl (C=O) groups is 1. The van der Waals surface area contributed by atoms with Crippen LogP contribution in [0.3, 0.4) is 0 Å². The molecule has 1 fully saturated rings. The summed E-state index contributed by atoms with van der Waals surface area (Å²) in [4.78, 5) is 24.9. The van der Waals surface area contributed by atoms with Crippen molar-refractivity contribution in [2.45, 2.75) is 12.1 Å². The van der Waals surface area contributed by atoms with E-state index >= 15 is 0 Å². The molecule has 0 aliphatic carbocycles. The summed E-state index contributed by atoms with van der Waals surface area (Å²) in [5.41, 5.74) is 8.16. The van der Waals surface area contributed by atoms with Crippen LogP contribution in [0.2, 0.25) is 5.02 Å². The molecule has 28 heavy (non-hydrogen) atoms. The molecule has 146 valence electrons. The van der Waals surface area contributed by atoms with Gasteiger partial charge >= 0.3 is 0 Å². The Bertz CT molecular complexity index is 974. The molecule has 2 N–H and O–H groups in total. The molecule has 1 aliphatic heterocycles. The molecule has 3 aromatic rings. The maximum atomic E-state index is 11.5. The van der Waals surface area contributed by atoms with Crippen LogP contribution in [0.5, 0.6) is 0 Å². The fourth-order valence-corrected chi connectivity index (χ4v) is 5.60. The number of halogens is 2. The summed E-state index contributed by atoms with van der Waals surface area (Å²) >= 11 is 10.1. The number of fused-ring (bicyclic) bond motifs is 1. The molecule has 0 radical (unpaired) electrons. The van der Waals surface area contributed by atoms with E-state index in [-0.39, 0.29) is 6.04 Å². The van der Waals surface area contributed by atoms with Crippen molar-refractivity contribution in [3.63, 3.8) is 0 Å². The van der Waals surface area contributed by atoms with E-state index in [1.807, 2.05) is 24.3 Å². The normalized spacial score (nSPS) is 17.6. The third-order valence-electron chi connectivity index (χ3n) is 5.00. The molecule has 4 rings (SSSR count). The minimum absolute atomic E-state index is 0.162. The van der Waals surface area contributed by atoms with E-state index in [0.717, 1.165) is 54.1 Å². The molecule has 6 nitrogen and oxygen atoms in total. The molecule has 9 heteroatoms. The lowest BCUT2D eigenvalue weighted by Gasteiger charge is -2.41. The molecule has 1 aliphatic rings. The molecular formula is C19H19ClIN5OS. The molecule has 0 spiro atoms. The van der Waals surface area contributed by atoms with E-state index in [0.29, 0.717) is 5.02 Å². The summed E-state index contributed by atoms with van der Waals surface area (Å²) in [6.07, 6.45) is 2.46. The third-order valence-corrected chi connectivity index (χ3v) is 7.14. The van der Waals surface area contributed by atoms with Gasteiger partial charge in [0.05, 0.1) is 25.2 Å². The van der Waals surface area contributed by atoms with Crippen LogP contribution in [0.25, 0.3) is 10.2 Å². The Morgan fingerprint density at radius 3 is 2.57 bits per heavy atom. The van der Waals surface area contributed by atoms with Gasteiger partial charge in [-0.3, -0.25) is 4.90 Å². The second-order valence-electron chi connectivity index (χ2n) is 6.69. The van der Waals surface area contributed by atoms with Crippen molar-refractivity contribution in [1.29, 1.82) is 0 Å². The summed E-state index contributed by atoms with van der Waals surface area (Å²) in [5, 5.41) is 0.672. The van der Waals surface area contributed by atoms with Gasteiger partial charge in [-0.25, -0.2) is 9.97 Å². The van der Waals surface area contributed by atoms with Crippen LogP contribution in [-0.2, 0) is 4.79 Å². The van der Waals surface area contributed by atoms with Gasteiger partial charge in [0.1, 0.15) is 18.4 Å². The molecule has 3 heterocycles. The monoisotopic (exact) mass is 527 g/mol. The highest BCUT2D eigenvalue weighted by atomic mass is 127. The number of thiophene rings is 1. The van der Waals surface area contributed by atoms with Gasteiger partial charge in [0.2, 0.25) is 0 Å². The maximum absolute atomic E-state index is 11.5. The number of nitrogens with two attached hydrogens (primary N) is 1. The Morgan fingerprint density at radius 1 is 1.18 bits per heavy atom. The zero-order valence-electron chi connectivity index (χ0n) is 15.0. The van der Waals surface area contributed by atoms with E-state index in [4.69, 9.17) is 17.3 Å². The van der Waals surface area contributed by atoms with Gasteiger partial charge in [-0.15, -0.1) is 11.3 Å². The topological polar surface area (TPSA) is 75.4 Å². The lowest BCUT2D eigenvalue weighted by atomic mass is 9.98. The van der Waals surface area contributed by atoms with Crippen molar-refractivity contribution >= 4 is 67.8 Å². The van der Waals surface area contributed by atoms with Gasteiger partial charge in [0.15, 0.2) is 0 Å². The summed E-state index contributed by atoms with van der Waals surface area (Å²) < 4.78 is 2.33. The molecule has 1 aromatic carbocycles. The SMILES string of the molecule is NC(C=O)C(c1ccc(Cl)cc1)N1CCN(c2ncnc3cc(I)sc23)CC1. The first-order valence-corrected chi connectivity index (χ1v) is 11.2. The van der Waals surface area contributed by atoms with E-state index in [9.17, 15) is 4.79 Å². The number of hydrogen-bond acceptors (Lipinski definition) is 7. The van der Waals surface area contributed by atoms with Crippen molar-refractivity contribution in [2.24, 2.45) is 5.73 Å². The summed E-state index contributed by atoms with van der Waals surface area (Å²) in [6, 6.07) is 8.92. The number of carbonyl (C=O) groups excluding carboxylic acids is 1. The summed E-state index contributed by atoms with van der Waals surface area (Å²) in [6.45, 7) is 3.22. The van der Waals surface area contributed by atoms with Crippen molar-refractivity contribution in [3.05, 3.63) is 50.1 Å². The minimum Gasteiger partial charge on any atom is -0.353 e. The van der Waals surface area contributed by atoms with Gasteiger partial charge in [-0.05, 0) is 46.4 Å². The quantitative estimate of drug-likeness (QED) is 0.405. The first-order chi connectivity index (χ1) is 13.6. The average molecular weight is 528 g/mol. The zero-order valence-corrected chi connectivity index (χ0v) is 18.7. The Hall–Kier alpha value is -1.33. The average Bonchev–Trinajstić information content (AvgIpc) is 3.10. The Balaban J connectivity index is 1.54. The van der Waals surface area contributed by atoms with Crippen LogP contribution in [0.4, 0.5) is 5.82 Å². The number of aldehydes is 1. The first-order valence-electron chi connectivity index (χ1n) is 8.92. The molecule has 0 saturated carbocycles. The van der Waals surface area contributed by atoms with Crippen LogP contribution >= 0.6 is 45.5 Å². The van der Waals surface area contributed by atoms with E-state index < -0.39 is 6.04 Å². The Kier molecular flexibility index (Phi) is 6.12. The Morgan fingerprint density at radius 2 is 1.89 bits per heavy atom. The van der Waals surface area contributed by atoms with Gasteiger partial charge in [-0.2, -0.15) is 0 Å². The van der Waals surface area contributed by atoms with Crippen molar-refractivity contribution in [2.75, 3.05) is 31.1 Å². The molecule has 2 unspecified atom stereocenters. The van der Waals surface area contributed by atoms with Gasteiger partial charge in [0.25, 0.3) is 0 Å². The fourth-order valence-electron chi connectivity index (χ4n) is 3.66. The van der Waals surface area contributed by atoms with Gasteiger partial charge in [-0.1, -0.05) is 23.7 Å². The number of rotatable bonds is 5. The first kappa shape index (κ1) is 20.0. The van der Waals surface area contributed by atoms with Crippen molar-refractivity contribution in [3.8, 4) is 0 Å². The van der Waals surface area contributed by atoms with Crippen LogP contribution < -0.4 is 10.6 Å². The number of aromatic nitrogens is 2. The van der Waals surface area contributed by atoms with Gasteiger partial charge in [0, 0.05) is 31.2 Å². The van der Waals surface area contributed by atoms with E-state index in [1.54, 1.807) is 17.7 Å². The predicted molar refractivity (Wildman–Crippen MR) is 122 cm³/mol. The smallest absolute Gasteiger partial charge is 0.150 e. The van der Waals surface area contributed by atoms with Crippen molar-refractivity contribution in [1.82, 2.24) is 14.9 Å². The maximum Gasteiger partial charge on any atom is 0.150 e. The second-order valence-corrected chi connectivity index (χ2v) is 10.1. The van der Waals surface area contributed by atoms with Gasteiger partial charge < -0.3 is 15.4 Å². The van der Waals surface area contributed by atoms with Crippen LogP contribution in [-0.4, -0.2) is 53.4 Å². The third kappa shape index (κ3) is 4.02. The fraction of sp³-hybridized carbons (Fsp3) is 0.316. The predicted octanol–water partition coefficient (Wildman–Crippen LogP) is 3.34. The standard InChI is InChI=1S/C19H19ClIN5OS/c20-13-3-1-12(2-4-13)17(14(22)10-27)25-5-7-26(8-6-25)19-18-15(23-11-24-19)9-16(21)28-18/h1-4,9-11,14,17H,5-8,22H2. The van der Waals surface area contributed by atoms with E-state index in [1.165, 1.54) is 2.88 Å². The van der Waals surface area contributed by atoms with Crippen molar-refractivity contribution < 1.29 is 4.79 Å². The highest BCUT2D eigenvalue weighted by molar-refractivity contribution is 14.1. The molecule has 1 saturated heterocycles. The van der Waals surface area contributed by atoms with Crippen LogP contribution in [0.1, 0.15) is 11.6 Å². The summed E-state index contributed by atoms with van der Waals surface area (Å²) in [5.74, 6) is 0.986. The number of hydrogen-bond donors (Lipinski definition) is 1. The Labute approximate surface area is 185 Å². The lowest BCUT2D eigenvalue weighted by Crippen LogP contribution is -2.52. The molecule has 2 atom stereocenters.